The summed E-state index contributed by atoms with van der Waals surface area (Å²) in [5, 5.41) is 24.3. The molecule has 9 nitrogen and oxygen atoms in total. The summed E-state index contributed by atoms with van der Waals surface area (Å²) in [7, 11) is 0. The highest BCUT2D eigenvalue weighted by molar-refractivity contribution is 8.26. The molecule has 1 aliphatic heterocycles. The number of carbonyl (C=O) groups excluding carboxylic acids is 2. The number of carbonyl (C=O) groups is 2. The van der Waals surface area contributed by atoms with Gasteiger partial charge in [0.15, 0.2) is 0 Å². The molecule has 0 unspecified atom stereocenters. The minimum atomic E-state index is -1.29. The smallest absolute Gasteiger partial charge is 0.267 e. The van der Waals surface area contributed by atoms with E-state index in [0.29, 0.717) is 11.2 Å². The molecule has 0 saturated carbocycles. The Bertz CT molecular complexity index is 1360. The van der Waals surface area contributed by atoms with E-state index in [4.69, 9.17) is 12.2 Å². The van der Waals surface area contributed by atoms with Gasteiger partial charge in [-0.1, -0.05) is 60.4 Å². The van der Waals surface area contributed by atoms with Crippen molar-refractivity contribution >= 4 is 57.7 Å². The maximum absolute atomic E-state index is 13.3. The van der Waals surface area contributed by atoms with Crippen LogP contribution in [0.5, 0.6) is 0 Å². The summed E-state index contributed by atoms with van der Waals surface area (Å²) < 4.78 is 1.54. The first-order valence-corrected chi connectivity index (χ1v) is 11.5. The lowest BCUT2D eigenvalue weighted by atomic mass is 10.1. The summed E-state index contributed by atoms with van der Waals surface area (Å²) >= 11 is 6.19. The van der Waals surface area contributed by atoms with Gasteiger partial charge in [0.05, 0.1) is 16.6 Å². The number of carboxylic acids is 1. The molecule has 11 heteroatoms. The van der Waals surface area contributed by atoms with Crippen LogP contribution in [0.15, 0.2) is 64.4 Å². The fourth-order valence-corrected chi connectivity index (χ4v) is 4.67. The number of thioether (sulfide) groups is 1. The number of amides is 1. The van der Waals surface area contributed by atoms with Crippen molar-refractivity contribution in [3.8, 4) is 0 Å². The number of aliphatic hydroxyl groups is 1. The Balaban J connectivity index is 1.69. The van der Waals surface area contributed by atoms with Crippen molar-refractivity contribution < 1.29 is 19.8 Å². The van der Waals surface area contributed by atoms with Crippen LogP contribution >= 0.6 is 24.0 Å². The van der Waals surface area contributed by atoms with E-state index in [1.54, 1.807) is 36.5 Å². The molecule has 2 aromatic heterocycles. The number of nitrogens with one attached hydrogen (secondary N) is 1. The minimum Gasteiger partial charge on any atom is -0.550 e. The van der Waals surface area contributed by atoms with Crippen LogP contribution in [-0.2, 0) is 9.59 Å². The van der Waals surface area contributed by atoms with E-state index in [2.05, 4.69) is 10.3 Å². The minimum absolute atomic E-state index is 0.0763. The van der Waals surface area contributed by atoms with Crippen molar-refractivity contribution in [2.24, 2.45) is 0 Å². The lowest BCUT2D eigenvalue weighted by molar-refractivity contribution is -0.305. The molecule has 4 rings (SSSR count). The fourth-order valence-electron chi connectivity index (χ4n) is 3.38. The number of anilines is 1. The SMILES string of the molecule is O=C([O-])CCN1C(=O)/C(=C\c2c(NC[C@@H](O)c3ccccc3)nc3ccccn3c2=O)SC1=S. The number of aliphatic hydroxyl groups excluding tert-OH is 1. The molecule has 1 atom stereocenters. The van der Waals surface area contributed by atoms with Gasteiger partial charge in [-0.2, -0.15) is 0 Å². The lowest BCUT2D eigenvalue weighted by Crippen LogP contribution is -2.33. The molecular weight excluding hydrogens is 476 g/mol. The second kappa shape index (κ2) is 10.2. The number of fused-ring (bicyclic) bond motifs is 1. The Kier molecular flexibility index (Phi) is 7.06. The first kappa shape index (κ1) is 23.6. The summed E-state index contributed by atoms with van der Waals surface area (Å²) in [6, 6.07) is 14.1. The maximum Gasteiger partial charge on any atom is 0.267 e. The molecule has 1 fully saturated rings. The number of rotatable bonds is 8. The zero-order valence-electron chi connectivity index (χ0n) is 17.7. The Morgan fingerprint density at radius 2 is 1.94 bits per heavy atom. The van der Waals surface area contributed by atoms with Gasteiger partial charge in [0.1, 0.15) is 15.8 Å². The van der Waals surface area contributed by atoms with Crippen LogP contribution in [-0.4, -0.2) is 48.7 Å². The van der Waals surface area contributed by atoms with Gasteiger partial charge in [-0.05, 0) is 23.8 Å². The van der Waals surface area contributed by atoms with Gasteiger partial charge in [0.25, 0.3) is 11.5 Å². The summed E-state index contributed by atoms with van der Waals surface area (Å²) in [6.07, 6.45) is 1.75. The van der Waals surface area contributed by atoms with Crippen LogP contribution < -0.4 is 16.0 Å². The van der Waals surface area contributed by atoms with Gasteiger partial charge in [-0.3, -0.25) is 18.9 Å². The topological polar surface area (TPSA) is 127 Å². The standard InChI is InChI=1S/C23H20N4O5S2/c28-16(14-6-2-1-3-7-14)13-24-20-15(21(31)26-10-5-4-8-18(26)25-20)12-17-22(32)27(23(33)34-17)11-9-19(29)30/h1-8,10,12,16,24,28H,9,11,13H2,(H,29,30)/p-1/b17-12+/t16-/m1/s1. The number of hydrogen-bond acceptors (Lipinski definition) is 9. The molecule has 34 heavy (non-hydrogen) atoms. The van der Waals surface area contributed by atoms with E-state index in [9.17, 15) is 24.6 Å². The van der Waals surface area contributed by atoms with Crippen LogP contribution in [0.3, 0.4) is 0 Å². The second-order valence-electron chi connectivity index (χ2n) is 7.37. The molecule has 174 valence electrons. The van der Waals surface area contributed by atoms with Crippen molar-refractivity contribution in [3.05, 3.63) is 81.1 Å². The summed E-state index contributed by atoms with van der Waals surface area (Å²) in [5.74, 6) is -1.59. The lowest BCUT2D eigenvalue weighted by Gasteiger charge is -2.15. The van der Waals surface area contributed by atoms with Crippen LogP contribution in [0.4, 0.5) is 5.82 Å². The van der Waals surface area contributed by atoms with E-state index in [-0.39, 0.29) is 40.1 Å². The quantitative estimate of drug-likeness (QED) is 0.350. The average Bonchev–Trinajstić information content (AvgIpc) is 3.10. The normalized spacial score (nSPS) is 15.8. The fraction of sp³-hybridized carbons (Fsp3) is 0.174. The third-order valence-corrected chi connectivity index (χ3v) is 6.48. The Morgan fingerprint density at radius 1 is 1.21 bits per heavy atom. The predicted octanol–water partition coefficient (Wildman–Crippen LogP) is 1.18. The zero-order chi connectivity index (χ0) is 24.2. The molecule has 2 N–H and O–H groups in total. The van der Waals surface area contributed by atoms with Crippen LogP contribution in [0.25, 0.3) is 11.7 Å². The van der Waals surface area contributed by atoms with Crippen LogP contribution in [0.2, 0.25) is 0 Å². The Labute approximate surface area is 203 Å². The number of hydrogen-bond donors (Lipinski definition) is 2. The first-order chi connectivity index (χ1) is 16.3. The zero-order valence-corrected chi connectivity index (χ0v) is 19.3. The molecule has 0 bridgehead atoms. The van der Waals surface area contributed by atoms with E-state index in [1.807, 2.05) is 18.2 Å². The molecule has 1 saturated heterocycles. The number of benzene rings is 1. The molecule has 1 amide bonds. The first-order valence-electron chi connectivity index (χ1n) is 10.3. The van der Waals surface area contributed by atoms with Gasteiger partial charge >= 0.3 is 0 Å². The number of pyridine rings is 1. The van der Waals surface area contributed by atoms with Gasteiger partial charge in [-0.25, -0.2) is 4.98 Å². The highest BCUT2D eigenvalue weighted by atomic mass is 32.2. The largest absolute Gasteiger partial charge is 0.550 e. The molecule has 1 aliphatic rings. The molecular formula is C23H19N4O5S2-. The third kappa shape index (κ3) is 5.01. The number of nitrogens with zero attached hydrogens (tertiary/aromatic N) is 3. The molecule has 0 radical (unpaired) electrons. The van der Waals surface area contributed by atoms with E-state index >= 15 is 0 Å². The van der Waals surface area contributed by atoms with Gasteiger partial charge < -0.3 is 20.3 Å². The Hall–Kier alpha value is -3.54. The van der Waals surface area contributed by atoms with Crippen LogP contribution in [0.1, 0.15) is 23.7 Å². The molecule has 1 aromatic carbocycles. The van der Waals surface area contributed by atoms with E-state index < -0.39 is 23.5 Å². The Morgan fingerprint density at radius 3 is 2.68 bits per heavy atom. The van der Waals surface area contributed by atoms with Gasteiger partial charge in [-0.15, -0.1) is 0 Å². The maximum atomic E-state index is 13.3. The number of carboxylic acid groups (broad SMARTS) is 1. The predicted molar refractivity (Wildman–Crippen MR) is 131 cm³/mol. The molecule has 3 aromatic rings. The van der Waals surface area contributed by atoms with Crippen LogP contribution in [0, 0.1) is 0 Å². The number of aliphatic carboxylic acids is 1. The third-order valence-electron chi connectivity index (χ3n) is 5.10. The molecule has 0 aliphatic carbocycles. The monoisotopic (exact) mass is 495 g/mol. The summed E-state index contributed by atoms with van der Waals surface area (Å²) in [6.45, 7) is -0.0411. The molecule has 3 heterocycles. The van der Waals surface area contributed by atoms with Crippen molar-refractivity contribution in [1.29, 1.82) is 0 Å². The highest BCUT2D eigenvalue weighted by Gasteiger charge is 2.32. The molecule has 0 spiro atoms. The van der Waals surface area contributed by atoms with Crippen molar-refractivity contribution in [2.75, 3.05) is 18.4 Å². The summed E-state index contributed by atoms with van der Waals surface area (Å²) in [5.41, 5.74) is 0.789. The van der Waals surface area contributed by atoms with Gasteiger partial charge in [0.2, 0.25) is 0 Å². The highest BCUT2D eigenvalue weighted by Crippen LogP contribution is 2.33. The number of thiocarbonyl (C=S) groups is 1. The van der Waals surface area contributed by atoms with Gasteiger partial charge in [0, 0.05) is 31.7 Å². The number of aromatic nitrogens is 2. The van der Waals surface area contributed by atoms with Crippen molar-refractivity contribution in [3.63, 3.8) is 0 Å². The second-order valence-corrected chi connectivity index (χ2v) is 9.05. The summed E-state index contributed by atoms with van der Waals surface area (Å²) in [4.78, 5) is 42.7. The average molecular weight is 496 g/mol. The van der Waals surface area contributed by atoms with Crippen molar-refractivity contribution in [2.45, 2.75) is 12.5 Å². The van der Waals surface area contributed by atoms with E-state index in [1.165, 1.54) is 15.4 Å². The van der Waals surface area contributed by atoms with E-state index in [0.717, 1.165) is 11.8 Å². The van der Waals surface area contributed by atoms with Crippen molar-refractivity contribution in [1.82, 2.24) is 14.3 Å².